The van der Waals surface area contributed by atoms with Gasteiger partial charge >= 0.3 is 0 Å². The highest BCUT2D eigenvalue weighted by atomic mass is 32.2. The van der Waals surface area contributed by atoms with Crippen molar-refractivity contribution in [3.8, 4) is 0 Å². The molecule has 0 amide bonds. The number of nitrogen functional groups attached to an aromatic ring is 1. The Morgan fingerprint density at radius 2 is 2.24 bits per heavy atom. The summed E-state index contributed by atoms with van der Waals surface area (Å²) < 4.78 is 5.08. The average molecular weight is 268 g/mol. The third kappa shape index (κ3) is 3.04. The van der Waals surface area contributed by atoms with Gasteiger partial charge in [0.15, 0.2) is 4.34 Å². The number of aryl methyl sites for hydroxylation is 1. The van der Waals surface area contributed by atoms with Crippen LogP contribution in [0.4, 0.5) is 11.8 Å². The predicted octanol–water partition coefficient (Wildman–Crippen LogP) is 1.67. The molecule has 6 nitrogen and oxygen atoms in total. The zero-order valence-electron chi connectivity index (χ0n) is 9.47. The number of aromatic nitrogens is 4. The van der Waals surface area contributed by atoms with Crippen molar-refractivity contribution in [2.24, 2.45) is 0 Å². The molecule has 0 aliphatic heterocycles. The standard InChI is InChI=1S/C9H12N6S2/c1-3-5-13-9(17-15-5)16-7-4-6(11-2)12-8(10)14-7/h4H,3H2,1-2H3,(H3,10,11,12,14). The summed E-state index contributed by atoms with van der Waals surface area (Å²) in [7, 11) is 1.79. The maximum absolute atomic E-state index is 5.61. The lowest BCUT2D eigenvalue weighted by Crippen LogP contribution is -2.00. The largest absolute Gasteiger partial charge is 0.373 e. The third-order valence-corrected chi connectivity index (χ3v) is 3.64. The zero-order chi connectivity index (χ0) is 12.3. The zero-order valence-corrected chi connectivity index (χ0v) is 11.1. The molecule has 0 aromatic carbocycles. The number of hydrogen-bond donors (Lipinski definition) is 2. The smallest absolute Gasteiger partial charge is 0.223 e. The molecular formula is C9H12N6S2. The summed E-state index contributed by atoms with van der Waals surface area (Å²) in [5.74, 6) is 1.80. The summed E-state index contributed by atoms with van der Waals surface area (Å²) in [6.45, 7) is 2.03. The molecule has 2 rings (SSSR count). The van der Waals surface area contributed by atoms with Crippen LogP contribution in [0, 0.1) is 0 Å². The van der Waals surface area contributed by atoms with Gasteiger partial charge in [-0.05, 0) is 23.3 Å². The summed E-state index contributed by atoms with van der Waals surface area (Å²) in [5.41, 5.74) is 5.61. The van der Waals surface area contributed by atoms with Crippen molar-refractivity contribution >= 4 is 35.1 Å². The first kappa shape index (κ1) is 12.1. The minimum atomic E-state index is 0.250. The Balaban J connectivity index is 2.20. The van der Waals surface area contributed by atoms with Gasteiger partial charge in [0.05, 0.1) is 0 Å². The minimum absolute atomic E-state index is 0.250. The van der Waals surface area contributed by atoms with Crippen molar-refractivity contribution < 1.29 is 0 Å². The van der Waals surface area contributed by atoms with Crippen LogP contribution in [0.5, 0.6) is 0 Å². The van der Waals surface area contributed by atoms with Crippen LogP contribution in [-0.4, -0.2) is 26.4 Å². The highest BCUT2D eigenvalue weighted by Crippen LogP contribution is 2.29. The summed E-state index contributed by atoms with van der Waals surface area (Å²) in [5, 5.41) is 3.70. The highest BCUT2D eigenvalue weighted by Gasteiger charge is 2.07. The van der Waals surface area contributed by atoms with Gasteiger partial charge in [-0.3, -0.25) is 0 Å². The summed E-state index contributed by atoms with van der Waals surface area (Å²) in [6, 6.07) is 1.83. The fourth-order valence-electron chi connectivity index (χ4n) is 1.14. The maximum Gasteiger partial charge on any atom is 0.223 e. The Kier molecular flexibility index (Phi) is 3.75. The SMILES string of the molecule is CCc1nsc(Sc2cc(NC)nc(N)n2)n1. The van der Waals surface area contributed by atoms with Gasteiger partial charge in [-0.1, -0.05) is 6.92 Å². The third-order valence-electron chi connectivity index (χ3n) is 1.93. The molecule has 0 radical (unpaired) electrons. The molecule has 2 aromatic rings. The van der Waals surface area contributed by atoms with Gasteiger partial charge in [0.25, 0.3) is 0 Å². The molecule has 2 heterocycles. The number of rotatable bonds is 4. The van der Waals surface area contributed by atoms with E-state index in [4.69, 9.17) is 5.73 Å². The van der Waals surface area contributed by atoms with Gasteiger partial charge < -0.3 is 11.1 Å². The molecule has 0 atom stereocenters. The van der Waals surface area contributed by atoms with E-state index >= 15 is 0 Å². The fraction of sp³-hybridized carbons (Fsp3) is 0.333. The number of nitrogens with one attached hydrogen (secondary N) is 1. The van der Waals surface area contributed by atoms with Gasteiger partial charge in [-0.2, -0.15) is 9.36 Å². The van der Waals surface area contributed by atoms with E-state index in [1.54, 1.807) is 7.05 Å². The van der Waals surface area contributed by atoms with Gasteiger partial charge in [0, 0.05) is 19.5 Å². The molecule has 0 saturated heterocycles. The Morgan fingerprint density at radius 3 is 2.88 bits per heavy atom. The van der Waals surface area contributed by atoms with Crippen LogP contribution in [0.3, 0.4) is 0 Å². The monoisotopic (exact) mass is 268 g/mol. The summed E-state index contributed by atoms with van der Waals surface area (Å²) in [6.07, 6.45) is 0.838. The van der Waals surface area contributed by atoms with E-state index in [9.17, 15) is 0 Å². The van der Waals surface area contributed by atoms with Crippen LogP contribution in [0.25, 0.3) is 0 Å². The van der Waals surface area contributed by atoms with E-state index in [0.717, 1.165) is 21.6 Å². The topological polar surface area (TPSA) is 89.6 Å². The molecule has 3 N–H and O–H groups in total. The lowest BCUT2D eigenvalue weighted by molar-refractivity contribution is 0.969. The van der Waals surface area contributed by atoms with Crippen molar-refractivity contribution in [3.63, 3.8) is 0 Å². The lowest BCUT2D eigenvalue weighted by Gasteiger charge is -2.02. The number of hydrogen-bond acceptors (Lipinski definition) is 8. The van der Waals surface area contributed by atoms with E-state index < -0.39 is 0 Å². The van der Waals surface area contributed by atoms with Gasteiger partial charge in [-0.25, -0.2) is 9.97 Å². The van der Waals surface area contributed by atoms with Gasteiger partial charge in [0.1, 0.15) is 16.7 Å². The molecule has 17 heavy (non-hydrogen) atoms. The van der Waals surface area contributed by atoms with Gasteiger partial charge in [-0.15, -0.1) is 0 Å². The molecular weight excluding hydrogens is 256 g/mol. The van der Waals surface area contributed by atoms with Crippen molar-refractivity contribution in [2.45, 2.75) is 22.7 Å². The number of anilines is 2. The number of nitrogens with zero attached hydrogens (tertiary/aromatic N) is 4. The van der Waals surface area contributed by atoms with Crippen LogP contribution in [0.2, 0.25) is 0 Å². The second-order valence-electron chi connectivity index (χ2n) is 3.13. The van der Waals surface area contributed by atoms with E-state index in [1.165, 1.54) is 23.3 Å². The first-order valence-electron chi connectivity index (χ1n) is 5.04. The molecule has 0 saturated carbocycles. The first-order chi connectivity index (χ1) is 8.21. The van der Waals surface area contributed by atoms with Crippen molar-refractivity contribution in [1.82, 2.24) is 19.3 Å². The fourth-order valence-corrected chi connectivity index (χ4v) is 2.79. The van der Waals surface area contributed by atoms with Crippen LogP contribution < -0.4 is 11.1 Å². The maximum atomic E-state index is 5.61. The number of nitrogens with two attached hydrogens (primary N) is 1. The predicted molar refractivity (Wildman–Crippen MR) is 69.4 cm³/mol. The molecule has 0 bridgehead atoms. The molecule has 2 aromatic heterocycles. The van der Waals surface area contributed by atoms with E-state index in [1.807, 2.05) is 13.0 Å². The Morgan fingerprint density at radius 1 is 1.41 bits per heavy atom. The normalized spacial score (nSPS) is 10.5. The van der Waals surface area contributed by atoms with Crippen LogP contribution in [-0.2, 0) is 6.42 Å². The Labute approximate surface area is 107 Å². The average Bonchev–Trinajstić information content (AvgIpc) is 2.76. The van der Waals surface area contributed by atoms with Crippen LogP contribution in [0.15, 0.2) is 15.4 Å². The van der Waals surface area contributed by atoms with Crippen molar-refractivity contribution in [2.75, 3.05) is 18.1 Å². The minimum Gasteiger partial charge on any atom is -0.373 e. The van der Waals surface area contributed by atoms with Crippen LogP contribution >= 0.6 is 23.3 Å². The van der Waals surface area contributed by atoms with E-state index in [-0.39, 0.29) is 5.95 Å². The molecule has 90 valence electrons. The second-order valence-corrected chi connectivity index (χ2v) is 5.15. The molecule has 0 spiro atoms. The quantitative estimate of drug-likeness (QED) is 0.815. The lowest BCUT2D eigenvalue weighted by atomic mass is 10.5. The molecule has 0 fully saturated rings. The summed E-state index contributed by atoms with van der Waals surface area (Å²) >= 11 is 2.81. The molecule has 0 aliphatic carbocycles. The van der Waals surface area contributed by atoms with Crippen LogP contribution in [0.1, 0.15) is 12.7 Å². The van der Waals surface area contributed by atoms with Crippen molar-refractivity contribution in [1.29, 1.82) is 0 Å². The first-order valence-corrected chi connectivity index (χ1v) is 6.63. The van der Waals surface area contributed by atoms with E-state index in [0.29, 0.717) is 5.82 Å². The van der Waals surface area contributed by atoms with Crippen molar-refractivity contribution in [3.05, 3.63) is 11.9 Å². The van der Waals surface area contributed by atoms with Gasteiger partial charge in [0.2, 0.25) is 5.95 Å². The molecule has 8 heteroatoms. The Hall–Kier alpha value is -1.41. The second kappa shape index (κ2) is 5.28. The summed E-state index contributed by atoms with van der Waals surface area (Å²) in [4.78, 5) is 12.5. The Bertz CT molecular complexity index is 512. The highest BCUT2D eigenvalue weighted by molar-refractivity contribution is 8.00. The van der Waals surface area contributed by atoms with E-state index in [2.05, 4.69) is 24.6 Å². The molecule has 0 unspecified atom stereocenters. The molecule has 0 aliphatic rings.